The second-order valence-corrected chi connectivity index (χ2v) is 6.65. The number of aromatic nitrogens is 3. The van der Waals surface area contributed by atoms with Crippen LogP contribution in [0, 0.1) is 5.92 Å². The highest BCUT2D eigenvalue weighted by molar-refractivity contribution is 5.89. The Morgan fingerprint density at radius 2 is 1.96 bits per heavy atom. The summed E-state index contributed by atoms with van der Waals surface area (Å²) < 4.78 is 12.3. The summed E-state index contributed by atoms with van der Waals surface area (Å²) >= 11 is 0. The fourth-order valence-corrected chi connectivity index (χ4v) is 3.06. The van der Waals surface area contributed by atoms with Crippen LogP contribution < -0.4 is 5.48 Å². The van der Waals surface area contributed by atoms with Crippen molar-refractivity contribution in [2.75, 3.05) is 6.61 Å². The van der Waals surface area contributed by atoms with Crippen molar-refractivity contribution in [3.05, 3.63) is 41.5 Å². The minimum Gasteiger partial charge on any atom is -0.460 e. The molecule has 0 aliphatic carbocycles. The molecule has 0 bridgehead atoms. The lowest BCUT2D eigenvalue weighted by atomic mass is 10.0. The molecule has 1 aliphatic rings. The van der Waals surface area contributed by atoms with Crippen molar-refractivity contribution in [1.29, 1.82) is 0 Å². The molecule has 2 atom stereocenters. The first-order chi connectivity index (χ1) is 12.9. The summed E-state index contributed by atoms with van der Waals surface area (Å²) in [5.41, 5.74) is 1.91. The van der Waals surface area contributed by atoms with Gasteiger partial charge in [-0.05, 0) is 25.0 Å². The van der Waals surface area contributed by atoms with E-state index in [0.717, 1.165) is 5.48 Å². The van der Waals surface area contributed by atoms with Crippen molar-refractivity contribution in [1.82, 2.24) is 14.8 Å². The lowest BCUT2D eigenvalue weighted by Gasteiger charge is -2.16. The van der Waals surface area contributed by atoms with Crippen LogP contribution in [0.2, 0.25) is 0 Å². The molecule has 10 nitrogen and oxygen atoms in total. The summed E-state index contributed by atoms with van der Waals surface area (Å²) in [6.45, 7) is 6.02. The molecule has 2 aromatic rings. The summed E-state index contributed by atoms with van der Waals surface area (Å²) in [5.74, 6) is -0.445. The summed E-state index contributed by atoms with van der Waals surface area (Å²) in [6, 6.07) is 6.36. The molecule has 0 saturated carbocycles. The van der Waals surface area contributed by atoms with Crippen molar-refractivity contribution in [3.8, 4) is 0 Å². The molecule has 0 radical (unpaired) electrons. The van der Waals surface area contributed by atoms with Gasteiger partial charge in [-0.1, -0.05) is 13.8 Å². The van der Waals surface area contributed by atoms with Crippen LogP contribution in [0.25, 0.3) is 0 Å². The lowest BCUT2D eigenvalue weighted by Crippen LogP contribution is -2.73. The average Bonchev–Trinajstić information content (AvgIpc) is 3.22. The number of nitrogens with two attached hydrogens (primary N) is 1. The maximum absolute atomic E-state index is 12.5. The zero-order valence-electron chi connectivity index (χ0n) is 16.0. The SMILES string of the molecule is CCOC(=O)c1nc2n(n1)[C@H](C(C)C)C[C@H]2OC(=O)c1ccc([NH2+]O)cc1.O. The third-order valence-electron chi connectivity index (χ3n) is 4.49. The summed E-state index contributed by atoms with van der Waals surface area (Å²) in [7, 11) is 0. The van der Waals surface area contributed by atoms with Crippen LogP contribution >= 0.6 is 0 Å². The molecule has 5 N–H and O–H groups in total. The molecule has 1 aromatic heterocycles. The molecule has 3 rings (SSSR count). The highest BCUT2D eigenvalue weighted by Crippen LogP contribution is 2.39. The third-order valence-corrected chi connectivity index (χ3v) is 4.49. The fraction of sp³-hybridized carbons (Fsp3) is 0.444. The van der Waals surface area contributed by atoms with E-state index in [0.29, 0.717) is 23.5 Å². The zero-order chi connectivity index (χ0) is 19.6. The lowest BCUT2D eigenvalue weighted by molar-refractivity contribution is -0.825. The van der Waals surface area contributed by atoms with E-state index in [-0.39, 0.29) is 29.9 Å². The molecule has 1 aromatic carbocycles. The van der Waals surface area contributed by atoms with Crippen LogP contribution in [0.3, 0.4) is 0 Å². The molecule has 0 amide bonds. The van der Waals surface area contributed by atoms with Crippen molar-refractivity contribution in [2.24, 2.45) is 5.92 Å². The number of carbonyl (C=O) groups excluding carboxylic acids is 2. The zero-order valence-corrected chi connectivity index (χ0v) is 16.0. The molecule has 28 heavy (non-hydrogen) atoms. The van der Waals surface area contributed by atoms with Gasteiger partial charge in [0.25, 0.3) is 5.82 Å². The Morgan fingerprint density at radius 1 is 1.29 bits per heavy atom. The Hall–Kier alpha value is -2.82. The fourth-order valence-electron chi connectivity index (χ4n) is 3.06. The first-order valence-electron chi connectivity index (χ1n) is 8.86. The number of fused-ring (bicyclic) bond motifs is 1. The molecule has 152 valence electrons. The van der Waals surface area contributed by atoms with E-state index in [4.69, 9.17) is 14.7 Å². The molecule has 0 saturated heterocycles. The predicted octanol–water partition coefficient (Wildman–Crippen LogP) is 0.713. The minimum atomic E-state index is -0.595. The van der Waals surface area contributed by atoms with Crippen molar-refractivity contribution in [3.63, 3.8) is 0 Å². The first kappa shape index (κ1) is 21.5. The number of hydrogen-bond acceptors (Lipinski definition) is 7. The van der Waals surface area contributed by atoms with Crippen molar-refractivity contribution in [2.45, 2.75) is 39.3 Å². The van der Waals surface area contributed by atoms with Crippen molar-refractivity contribution < 1.29 is 35.2 Å². The Bertz CT molecular complexity index is 833. The van der Waals surface area contributed by atoms with Gasteiger partial charge in [-0.3, -0.25) is 0 Å². The molecular weight excluding hydrogens is 368 g/mol. The maximum atomic E-state index is 12.5. The standard InChI is InChI=1S/C18H22N4O5.H2O/c1-4-26-18(24)15-19-16-14(9-13(10(2)3)22(16)20-15)27-17(23)11-5-7-12(21-25)8-6-11;/h5-8,10,13-14,21,25H,4,9H2,1-3H3;1H2/p+1/t13-,14+;/m0./s1. The number of hydrogen-bond donors (Lipinski definition) is 2. The molecule has 0 fully saturated rings. The van der Waals surface area contributed by atoms with Gasteiger partial charge in [-0.2, -0.15) is 5.48 Å². The van der Waals surface area contributed by atoms with E-state index in [2.05, 4.69) is 10.1 Å². The smallest absolute Gasteiger partial charge is 0.378 e. The predicted molar refractivity (Wildman–Crippen MR) is 96.1 cm³/mol. The number of benzene rings is 1. The normalized spacial score (nSPS) is 17.8. The Labute approximate surface area is 161 Å². The topological polar surface area (TPSA) is 152 Å². The van der Waals surface area contributed by atoms with Gasteiger partial charge in [0.15, 0.2) is 17.6 Å². The van der Waals surface area contributed by atoms with Gasteiger partial charge in [-0.15, -0.1) is 5.10 Å². The molecule has 2 heterocycles. The van der Waals surface area contributed by atoms with Crippen LogP contribution in [0.5, 0.6) is 0 Å². The van der Waals surface area contributed by atoms with Gasteiger partial charge in [0.05, 0.1) is 18.2 Å². The Kier molecular flexibility index (Phi) is 6.84. The van der Waals surface area contributed by atoms with Gasteiger partial charge < -0.3 is 14.9 Å². The van der Waals surface area contributed by atoms with Gasteiger partial charge >= 0.3 is 11.9 Å². The minimum absolute atomic E-state index is 0. The van der Waals surface area contributed by atoms with E-state index in [1.165, 1.54) is 0 Å². The van der Waals surface area contributed by atoms with Crippen molar-refractivity contribution >= 4 is 17.6 Å². The largest absolute Gasteiger partial charge is 0.460 e. The maximum Gasteiger partial charge on any atom is 0.378 e. The van der Waals surface area contributed by atoms with E-state index in [1.807, 2.05) is 13.8 Å². The molecule has 0 unspecified atom stereocenters. The number of carbonyl (C=O) groups is 2. The van der Waals surface area contributed by atoms with Crippen LogP contribution in [0.15, 0.2) is 24.3 Å². The second kappa shape index (κ2) is 8.91. The van der Waals surface area contributed by atoms with Gasteiger partial charge in [-0.25, -0.2) is 24.5 Å². The van der Waals surface area contributed by atoms with Gasteiger partial charge in [0, 0.05) is 18.6 Å². The molecule has 1 aliphatic heterocycles. The summed E-state index contributed by atoms with van der Waals surface area (Å²) in [5, 5.41) is 13.2. The molecular formula is C18H25N4O6+. The van der Waals surface area contributed by atoms with Gasteiger partial charge in [0.2, 0.25) is 0 Å². The average molecular weight is 393 g/mol. The molecule has 10 heteroatoms. The van der Waals surface area contributed by atoms with E-state index in [1.54, 1.807) is 35.9 Å². The highest BCUT2D eigenvalue weighted by atomic mass is 16.5. The highest BCUT2D eigenvalue weighted by Gasteiger charge is 2.39. The summed E-state index contributed by atoms with van der Waals surface area (Å²) in [6.07, 6.45) is -0.0469. The van der Waals surface area contributed by atoms with Gasteiger partial charge in [0.1, 0.15) is 0 Å². The number of rotatable bonds is 6. The van der Waals surface area contributed by atoms with Crippen LogP contribution in [-0.2, 0) is 9.47 Å². The monoisotopic (exact) mass is 393 g/mol. The van der Waals surface area contributed by atoms with Crippen LogP contribution in [-0.4, -0.2) is 44.0 Å². The number of quaternary nitrogens is 1. The van der Waals surface area contributed by atoms with E-state index >= 15 is 0 Å². The number of nitrogens with zero attached hydrogens (tertiary/aromatic N) is 3. The van der Waals surface area contributed by atoms with E-state index < -0.39 is 18.0 Å². The van der Waals surface area contributed by atoms with Crippen LogP contribution in [0.4, 0.5) is 5.69 Å². The number of ether oxygens (including phenoxy) is 2. The Balaban J connectivity index is 0.00000280. The second-order valence-electron chi connectivity index (χ2n) is 6.65. The third kappa shape index (κ3) is 4.19. The quantitative estimate of drug-likeness (QED) is 0.416. The van der Waals surface area contributed by atoms with E-state index in [9.17, 15) is 9.59 Å². The summed E-state index contributed by atoms with van der Waals surface area (Å²) in [4.78, 5) is 28.7. The first-order valence-corrected chi connectivity index (χ1v) is 8.86. The Morgan fingerprint density at radius 3 is 2.54 bits per heavy atom. The molecule has 0 spiro atoms. The van der Waals surface area contributed by atoms with Crippen LogP contribution in [0.1, 0.15) is 66.1 Å². The number of esters is 2.